The number of rotatable bonds is 7. The normalized spacial score (nSPS) is 17.5. The van der Waals surface area contributed by atoms with Crippen molar-refractivity contribution in [1.82, 2.24) is 0 Å². The van der Waals surface area contributed by atoms with Gasteiger partial charge in [-0.1, -0.05) is 12.1 Å². The summed E-state index contributed by atoms with van der Waals surface area (Å²) in [5.41, 5.74) is 3.18. The van der Waals surface area contributed by atoms with Gasteiger partial charge in [0, 0.05) is 24.5 Å². The minimum atomic E-state index is 0.0669. The van der Waals surface area contributed by atoms with Gasteiger partial charge in [0.05, 0.1) is 51.7 Å². The number of carbonyl (C=O) groups excluding carboxylic acids is 1. The van der Waals surface area contributed by atoms with Crippen molar-refractivity contribution in [2.75, 3.05) is 80.8 Å². The van der Waals surface area contributed by atoms with E-state index in [1.54, 1.807) is 0 Å². The highest BCUT2D eigenvalue weighted by molar-refractivity contribution is 5.91. The fourth-order valence-corrected chi connectivity index (χ4v) is 4.25. The number of hydrogen-bond donors (Lipinski definition) is 2. The predicted molar refractivity (Wildman–Crippen MR) is 123 cm³/mol. The zero-order valence-electron chi connectivity index (χ0n) is 18.3. The van der Waals surface area contributed by atoms with Crippen LogP contribution in [-0.2, 0) is 9.53 Å². The van der Waals surface area contributed by atoms with E-state index in [1.807, 2.05) is 31.2 Å². The lowest BCUT2D eigenvalue weighted by Crippen LogP contribution is -3.15. The Labute approximate surface area is 184 Å². The molecule has 2 saturated heterocycles. The molecule has 2 aliphatic heterocycles. The van der Waals surface area contributed by atoms with Gasteiger partial charge in [-0.05, 0) is 43.3 Å². The van der Waals surface area contributed by atoms with Crippen molar-refractivity contribution >= 4 is 23.0 Å². The second-order valence-electron chi connectivity index (χ2n) is 8.01. The van der Waals surface area contributed by atoms with Gasteiger partial charge in [-0.25, -0.2) is 0 Å². The van der Waals surface area contributed by atoms with Crippen LogP contribution < -0.4 is 24.8 Å². The Hall–Kier alpha value is -2.77. The molecule has 7 heteroatoms. The fourth-order valence-electron chi connectivity index (χ4n) is 4.25. The van der Waals surface area contributed by atoms with Crippen LogP contribution in [0.15, 0.2) is 48.5 Å². The Balaban J connectivity index is 1.25. The number of nitrogens with one attached hydrogen (secondary N) is 2. The minimum Gasteiger partial charge on any atom is -0.492 e. The van der Waals surface area contributed by atoms with E-state index in [0.29, 0.717) is 13.2 Å². The average Bonchev–Trinajstić information content (AvgIpc) is 2.81. The lowest BCUT2D eigenvalue weighted by Gasteiger charge is -2.34. The molecule has 2 heterocycles. The van der Waals surface area contributed by atoms with E-state index in [9.17, 15) is 4.79 Å². The van der Waals surface area contributed by atoms with Crippen LogP contribution in [0, 0.1) is 0 Å². The van der Waals surface area contributed by atoms with Gasteiger partial charge in [0.25, 0.3) is 5.91 Å². The quantitative estimate of drug-likeness (QED) is 0.700. The molecule has 0 unspecified atom stereocenters. The van der Waals surface area contributed by atoms with Crippen LogP contribution in [0.25, 0.3) is 0 Å². The SMILES string of the molecule is CCOc1ccccc1N1CC[NH+](CC(=O)Nc2ccc(N3CCOCC3)cc2)CC1. The van der Waals surface area contributed by atoms with Gasteiger partial charge in [-0.3, -0.25) is 4.79 Å². The van der Waals surface area contributed by atoms with Gasteiger partial charge in [0.15, 0.2) is 6.54 Å². The van der Waals surface area contributed by atoms with Gasteiger partial charge in [0.2, 0.25) is 0 Å². The summed E-state index contributed by atoms with van der Waals surface area (Å²) < 4.78 is 11.2. The van der Waals surface area contributed by atoms with E-state index >= 15 is 0 Å². The molecule has 7 nitrogen and oxygen atoms in total. The van der Waals surface area contributed by atoms with E-state index < -0.39 is 0 Å². The van der Waals surface area contributed by atoms with Crippen LogP contribution >= 0.6 is 0 Å². The minimum absolute atomic E-state index is 0.0669. The van der Waals surface area contributed by atoms with Crippen LogP contribution in [0.3, 0.4) is 0 Å². The second-order valence-corrected chi connectivity index (χ2v) is 8.01. The number of piperazine rings is 1. The standard InChI is InChI=1S/C24H32N4O3/c1-2-31-23-6-4-3-5-22(23)28-13-11-26(12-14-28)19-24(29)25-20-7-9-21(10-8-20)27-15-17-30-18-16-27/h3-10H,2,11-19H2,1H3,(H,25,29)/p+1. The number of morpholine rings is 1. The van der Waals surface area contributed by atoms with E-state index in [4.69, 9.17) is 9.47 Å². The molecule has 2 fully saturated rings. The van der Waals surface area contributed by atoms with Crippen LogP contribution in [0.1, 0.15) is 6.92 Å². The maximum atomic E-state index is 12.6. The average molecular weight is 426 g/mol. The Bertz CT molecular complexity index is 844. The number of nitrogens with zero attached hydrogens (tertiary/aromatic N) is 2. The van der Waals surface area contributed by atoms with Gasteiger partial charge in [0.1, 0.15) is 5.75 Å². The number of carbonyl (C=O) groups is 1. The summed E-state index contributed by atoms with van der Waals surface area (Å²) in [6.07, 6.45) is 0. The number of ether oxygens (including phenoxy) is 2. The molecule has 2 aromatic carbocycles. The summed E-state index contributed by atoms with van der Waals surface area (Å²) in [5.74, 6) is 1.00. The topological polar surface area (TPSA) is 58.5 Å². The van der Waals surface area contributed by atoms with E-state index in [-0.39, 0.29) is 5.91 Å². The number of amides is 1. The molecule has 166 valence electrons. The largest absolute Gasteiger partial charge is 0.492 e. The van der Waals surface area contributed by atoms with E-state index in [2.05, 4.69) is 39.4 Å². The van der Waals surface area contributed by atoms with Gasteiger partial charge >= 0.3 is 0 Å². The molecule has 2 N–H and O–H groups in total. The maximum Gasteiger partial charge on any atom is 0.279 e. The number of benzene rings is 2. The highest BCUT2D eigenvalue weighted by atomic mass is 16.5. The third-order valence-electron chi connectivity index (χ3n) is 5.91. The van der Waals surface area contributed by atoms with Crippen molar-refractivity contribution in [3.8, 4) is 5.75 Å². The highest BCUT2D eigenvalue weighted by Crippen LogP contribution is 2.27. The second kappa shape index (κ2) is 10.5. The summed E-state index contributed by atoms with van der Waals surface area (Å²) in [5, 5.41) is 3.05. The third kappa shape index (κ3) is 5.68. The number of quaternary nitrogens is 1. The lowest BCUT2D eigenvalue weighted by atomic mass is 10.2. The summed E-state index contributed by atoms with van der Waals surface area (Å²) in [6, 6.07) is 16.3. The van der Waals surface area contributed by atoms with Crippen molar-refractivity contribution in [2.45, 2.75) is 6.92 Å². The predicted octanol–water partition coefficient (Wildman–Crippen LogP) is 1.27. The van der Waals surface area contributed by atoms with Gasteiger partial charge in [-0.2, -0.15) is 0 Å². The first kappa shape index (κ1) is 21.5. The molecular formula is C24H33N4O3+. The zero-order valence-corrected chi connectivity index (χ0v) is 18.3. The molecule has 0 bridgehead atoms. The highest BCUT2D eigenvalue weighted by Gasteiger charge is 2.24. The van der Waals surface area contributed by atoms with Crippen molar-refractivity contribution in [3.05, 3.63) is 48.5 Å². The lowest BCUT2D eigenvalue weighted by molar-refractivity contribution is -0.892. The maximum absolute atomic E-state index is 12.6. The van der Waals surface area contributed by atoms with E-state index in [1.165, 1.54) is 10.6 Å². The molecule has 0 radical (unpaired) electrons. The summed E-state index contributed by atoms with van der Waals surface area (Å²) in [6.45, 7) is 10.2. The molecule has 0 aliphatic carbocycles. The monoisotopic (exact) mass is 425 g/mol. The Morgan fingerprint density at radius 1 is 1.00 bits per heavy atom. The molecule has 4 rings (SSSR count). The first-order chi connectivity index (χ1) is 15.2. The summed E-state index contributed by atoms with van der Waals surface area (Å²) in [4.78, 5) is 18.5. The molecule has 31 heavy (non-hydrogen) atoms. The molecule has 0 spiro atoms. The first-order valence-corrected chi connectivity index (χ1v) is 11.3. The summed E-state index contributed by atoms with van der Waals surface area (Å²) >= 11 is 0. The first-order valence-electron chi connectivity index (χ1n) is 11.3. The zero-order chi connectivity index (χ0) is 21.5. The Morgan fingerprint density at radius 2 is 1.71 bits per heavy atom. The smallest absolute Gasteiger partial charge is 0.279 e. The van der Waals surface area contributed by atoms with Gasteiger partial charge < -0.3 is 29.5 Å². The summed E-state index contributed by atoms with van der Waals surface area (Å²) in [7, 11) is 0. The Kier molecular flexibility index (Phi) is 7.27. The molecule has 2 aliphatic rings. The molecule has 2 aromatic rings. The molecule has 0 aromatic heterocycles. The molecule has 1 amide bonds. The Morgan fingerprint density at radius 3 is 2.42 bits per heavy atom. The van der Waals surface area contributed by atoms with Gasteiger partial charge in [-0.15, -0.1) is 0 Å². The number of hydrogen-bond acceptors (Lipinski definition) is 5. The molecular weight excluding hydrogens is 392 g/mol. The number of anilines is 3. The fraction of sp³-hybridized carbons (Fsp3) is 0.458. The molecule has 0 saturated carbocycles. The van der Waals surface area contributed by atoms with Crippen LogP contribution in [-0.4, -0.2) is 71.5 Å². The third-order valence-corrected chi connectivity index (χ3v) is 5.91. The van der Waals surface area contributed by atoms with Crippen molar-refractivity contribution < 1.29 is 19.2 Å². The van der Waals surface area contributed by atoms with Crippen LogP contribution in [0.2, 0.25) is 0 Å². The van der Waals surface area contributed by atoms with Crippen molar-refractivity contribution in [1.29, 1.82) is 0 Å². The molecule has 0 atom stereocenters. The van der Waals surface area contributed by atoms with Crippen LogP contribution in [0.5, 0.6) is 5.75 Å². The van der Waals surface area contributed by atoms with Crippen molar-refractivity contribution in [2.24, 2.45) is 0 Å². The number of para-hydroxylation sites is 2. The van der Waals surface area contributed by atoms with Crippen molar-refractivity contribution in [3.63, 3.8) is 0 Å². The van der Waals surface area contributed by atoms with E-state index in [0.717, 1.165) is 69.6 Å². The van der Waals surface area contributed by atoms with Crippen LogP contribution in [0.4, 0.5) is 17.1 Å².